The second kappa shape index (κ2) is 5.98. The lowest BCUT2D eigenvalue weighted by atomic mass is 9.98. The van der Waals surface area contributed by atoms with E-state index in [1.807, 2.05) is 25.1 Å². The maximum absolute atomic E-state index is 9.88. The van der Waals surface area contributed by atoms with Crippen molar-refractivity contribution >= 4 is 0 Å². The van der Waals surface area contributed by atoms with Crippen molar-refractivity contribution in [2.24, 2.45) is 0 Å². The first-order chi connectivity index (χ1) is 10.1. The third-order valence-electron chi connectivity index (χ3n) is 4.89. The van der Waals surface area contributed by atoms with Gasteiger partial charge in [-0.3, -0.25) is 0 Å². The van der Waals surface area contributed by atoms with E-state index in [0.717, 1.165) is 23.3 Å². The van der Waals surface area contributed by atoms with Crippen LogP contribution in [0.4, 0.5) is 0 Å². The molecule has 1 aliphatic heterocycles. The normalized spacial score (nSPS) is 25.4. The van der Waals surface area contributed by atoms with E-state index in [1.165, 1.54) is 32.1 Å². The maximum Gasteiger partial charge on any atom is 0.125 e. The summed E-state index contributed by atoms with van der Waals surface area (Å²) in [5.41, 5.74) is 2.16. The molecule has 0 radical (unpaired) electrons. The summed E-state index contributed by atoms with van der Waals surface area (Å²) in [6.45, 7) is 4.39. The molecule has 3 heteroatoms. The number of benzene rings is 1. The summed E-state index contributed by atoms with van der Waals surface area (Å²) < 4.78 is 12.2. The van der Waals surface area contributed by atoms with Crippen molar-refractivity contribution in [2.45, 2.75) is 70.2 Å². The summed E-state index contributed by atoms with van der Waals surface area (Å²) in [6.07, 6.45) is 7.00. The van der Waals surface area contributed by atoms with Crippen LogP contribution in [0.5, 0.6) is 5.75 Å². The number of hydrogen-bond donors (Lipinski definition) is 1. The van der Waals surface area contributed by atoms with Gasteiger partial charge in [0.15, 0.2) is 0 Å². The van der Waals surface area contributed by atoms with Crippen LogP contribution in [0.15, 0.2) is 18.2 Å². The fraction of sp³-hybridized carbons (Fsp3) is 0.667. The molecule has 0 bridgehead atoms. The molecule has 2 aliphatic rings. The molecule has 2 atom stereocenters. The lowest BCUT2D eigenvalue weighted by molar-refractivity contribution is -0.0511. The Morgan fingerprint density at radius 3 is 2.81 bits per heavy atom. The molecule has 2 fully saturated rings. The Morgan fingerprint density at radius 2 is 2.10 bits per heavy atom. The first-order valence-electron chi connectivity index (χ1n) is 8.17. The number of ether oxygens (including phenoxy) is 2. The lowest BCUT2D eigenvalue weighted by Gasteiger charge is -2.24. The quantitative estimate of drug-likeness (QED) is 0.913. The molecule has 1 saturated heterocycles. The molecule has 1 saturated carbocycles. The Kier molecular flexibility index (Phi) is 4.23. The predicted molar refractivity (Wildman–Crippen MR) is 82.6 cm³/mol. The highest BCUT2D eigenvalue weighted by Gasteiger charge is 2.42. The summed E-state index contributed by atoms with van der Waals surface area (Å²) in [5.74, 6) is 0.784. The smallest absolute Gasteiger partial charge is 0.125 e. The third kappa shape index (κ3) is 3.24. The highest BCUT2D eigenvalue weighted by atomic mass is 16.6. The van der Waals surface area contributed by atoms with Crippen LogP contribution in [-0.2, 0) is 4.74 Å². The van der Waals surface area contributed by atoms with E-state index in [1.54, 1.807) is 6.92 Å². The average Bonchev–Trinajstić information content (AvgIpc) is 3.08. The molecule has 1 heterocycles. The van der Waals surface area contributed by atoms with E-state index in [4.69, 9.17) is 9.47 Å². The molecular formula is C18H26O3. The van der Waals surface area contributed by atoms with Gasteiger partial charge in [-0.25, -0.2) is 0 Å². The first-order valence-corrected chi connectivity index (χ1v) is 8.17. The summed E-state index contributed by atoms with van der Waals surface area (Å²) >= 11 is 0. The van der Waals surface area contributed by atoms with E-state index in [-0.39, 0.29) is 11.7 Å². The Morgan fingerprint density at radius 1 is 1.33 bits per heavy atom. The van der Waals surface area contributed by atoms with Gasteiger partial charge in [0, 0.05) is 5.56 Å². The zero-order valence-electron chi connectivity index (χ0n) is 13.1. The molecule has 3 rings (SSSR count). The monoisotopic (exact) mass is 290 g/mol. The number of aliphatic hydroxyl groups excluding tert-OH is 1. The number of aliphatic hydroxyl groups is 1. The Hall–Kier alpha value is -1.06. The zero-order chi connectivity index (χ0) is 14.9. The van der Waals surface area contributed by atoms with Crippen molar-refractivity contribution in [3.05, 3.63) is 29.3 Å². The zero-order valence-corrected chi connectivity index (χ0v) is 13.1. The Bertz CT molecular complexity index is 489. The topological polar surface area (TPSA) is 38.7 Å². The number of rotatable bonds is 4. The van der Waals surface area contributed by atoms with Crippen LogP contribution in [0.1, 0.15) is 62.7 Å². The molecule has 1 aromatic rings. The molecule has 1 N–H and O–H groups in total. The SMILES string of the molecule is Cc1ccc(OCC2CCC3(CCCC3)O2)c([C@@H](C)O)c1. The Labute approximate surface area is 127 Å². The van der Waals surface area contributed by atoms with Gasteiger partial charge in [-0.15, -0.1) is 0 Å². The summed E-state index contributed by atoms with van der Waals surface area (Å²) in [7, 11) is 0. The standard InChI is InChI=1S/C18H26O3/c1-13-5-6-17(16(11-13)14(2)19)20-12-15-7-10-18(21-15)8-3-4-9-18/h5-6,11,14-15,19H,3-4,7-10,12H2,1-2H3/t14-,15?/m1/s1. The first kappa shape index (κ1) is 14.9. The van der Waals surface area contributed by atoms with E-state index in [0.29, 0.717) is 6.61 Å². The number of aryl methyl sites for hydroxylation is 1. The molecular weight excluding hydrogens is 264 g/mol. The minimum atomic E-state index is -0.509. The summed E-state index contributed by atoms with van der Waals surface area (Å²) in [4.78, 5) is 0. The molecule has 116 valence electrons. The fourth-order valence-electron chi connectivity index (χ4n) is 3.71. The minimum Gasteiger partial charge on any atom is -0.490 e. The molecule has 1 spiro atoms. The minimum absolute atomic E-state index is 0.161. The van der Waals surface area contributed by atoms with Gasteiger partial charge in [-0.05, 0) is 51.7 Å². The van der Waals surface area contributed by atoms with E-state index in [9.17, 15) is 5.11 Å². The fourth-order valence-corrected chi connectivity index (χ4v) is 3.71. The van der Waals surface area contributed by atoms with Gasteiger partial charge < -0.3 is 14.6 Å². The van der Waals surface area contributed by atoms with Gasteiger partial charge >= 0.3 is 0 Å². The van der Waals surface area contributed by atoms with Gasteiger partial charge in [0.2, 0.25) is 0 Å². The summed E-state index contributed by atoms with van der Waals surface area (Å²) in [5, 5.41) is 9.88. The Balaban J connectivity index is 1.61. The lowest BCUT2D eigenvalue weighted by Crippen LogP contribution is -2.27. The molecule has 0 aromatic heterocycles. The van der Waals surface area contributed by atoms with Crippen molar-refractivity contribution in [1.29, 1.82) is 0 Å². The van der Waals surface area contributed by atoms with Crippen molar-refractivity contribution < 1.29 is 14.6 Å². The summed E-state index contributed by atoms with van der Waals surface area (Å²) in [6, 6.07) is 5.97. The largest absolute Gasteiger partial charge is 0.490 e. The second-order valence-corrected chi connectivity index (χ2v) is 6.70. The van der Waals surface area contributed by atoms with Crippen molar-refractivity contribution in [3.63, 3.8) is 0 Å². The average molecular weight is 290 g/mol. The molecule has 21 heavy (non-hydrogen) atoms. The van der Waals surface area contributed by atoms with Gasteiger partial charge in [0.1, 0.15) is 12.4 Å². The highest BCUT2D eigenvalue weighted by molar-refractivity contribution is 5.38. The van der Waals surface area contributed by atoms with Crippen LogP contribution in [0.3, 0.4) is 0 Å². The van der Waals surface area contributed by atoms with Gasteiger partial charge in [-0.2, -0.15) is 0 Å². The molecule has 1 unspecified atom stereocenters. The third-order valence-corrected chi connectivity index (χ3v) is 4.89. The maximum atomic E-state index is 9.88. The molecule has 1 aromatic carbocycles. The van der Waals surface area contributed by atoms with Crippen LogP contribution in [-0.4, -0.2) is 23.4 Å². The van der Waals surface area contributed by atoms with Crippen molar-refractivity contribution in [3.8, 4) is 5.75 Å². The number of hydrogen-bond acceptors (Lipinski definition) is 3. The van der Waals surface area contributed by atoms with E-state index < -0.39 is 6.10 Å². The van der Waals surface area contributed by atoms with Gasteiger partial charge in [-0.1, -0.05) is 24.5 Å². The van der Waals surface area contributed by atoms with E-state index in [2.05, 4.69) is 0 Å². The van der Waals surface area contributed by atoms with Crippen molar-refractivity contribution in [2.75, 3.05) is 6.61 Å². The highest BCUT2D eigenvalue weighted by Crippen LogP contribution is 2.43. The van der Waals surface area contributed by atoms with Gasteiger partial charge in [0.05, 0.1) is 17.8 Å². The predicted octanol–water partition coefficient (Wildman–Crippen LogP) is 3.92. The van der Waals surface area contributed by atoms with Gasteiger partial charge in [0.25, 0.3) is 0 Å². The molecule has 1 aliphatic carbocycles. The van der Waals surface area contributed by atoms with Crippen LogP contribution in [0.2, 0.25) is 0 Å². The van der Waals surface area contributed by atoms with Crippen LogP contribution >= 0.6 is 0 Å². The second-order valence-electron chi connectivity index (χ2n) is 6.70. The van der Waals surface area contributed by atoms with Crippen LogP contribution in [0, 0.1) is 6.92 Å². The molecule has 3 nitrogen and oxygen atoms in total. The molecule has 0 amide bonds. The van der Waals surface area contributed by atoms with Crippen molar-refractivity contribution in [1.82, 2.24) is 0 Å². The van der Waals surface area contributed by atoms with Crippen LogP contribution in [0.25, 0.3) is 0 Å². The van der Waals surface area contributed by atoms with E-state index >= 15 is 0 Å². The van der Waals surface area contributed by atoms with Crippen LogP contribution < -0.4 is 4.74 Å².